The number of nitrogens with zero attached hydrogens (tertiary/aromatic N) is 1. The van der Waals surface area contributed by atoms with Gasteiger partial charge in [-0.25, -0.2) is 4.79 Å². The molecule has 6 heteroatoms. The van der Waals surface area contributed by atoms with E-state index in [4.69, 9.17) is 5.73 Å². The van der Waals surface area contributed by atoms with E-state index in [-0.39, 0.29) is 18.0 Å². The van der Waals surface area contributed by atoms with Gasteiger partial charge in [-0.3, -0.25) is 4.79 Å². The highest BCUT2D eigenvalue weighted by Crippen LogP contribution is 2.23. The van der Waals surface area contributed by atoms with E-state index in [2.05, 4.69) is 10.6 Å². The second kappa shape index (κ2) is 8.01. The number of nitrogens with one attached hydrogen (secondary N) is 2. The van der Waals surface area contributed by atoms with Crippen molar-refractivity contribution in [1.29, 1.82) is 0 Å². The monoisotopic (exact) mass is 352 g/mol. The first-order valence-electron chi connectivity index (χ1n) is 8.83. The van der Waals surface area contributed by atoms with E-state index in [9.17, 15) is 9.59 Å². The summed E-state index contributed by atoms with van der Waals surface area (Å²) in [4.78, 5) is 26.9. The van der Waals surface area contributed by atoms with Gasteiger partial charge in [-0.15, -0.1) is 0 Å². The summed E-state index contributed by atoms with van der Waals surface area (Å²) in [6.45, 7) is 3.10. The number of benzene rings is 2. The molecule has 6 nitrogen and oxygen atoms in total. The van der Waals surface area contributed by atoms with Gasteiger partial charge < -0.3 is 21.3 Å². The maximum atomic E-state index is 12.8. The maximum absolute atomic E-state index is 12.8. The molecule has 4 N–H and O–H groups in total. The molecule has 0 radical (unpaired) electrons. The van der Waals surface area contributed by atoms with E-state index < -0.39 is 0 Å². The molecule has 1 aliphatic heterocycles. The molecule has 1 aliphatic rings. The second-order valence-corrected chi connectivity index (χ2v) is 6.51. The van der Waals surface area contributed by atoms with E-state index in [0.29, 0.717) is 23.5 Å². The van der Waals surface area contributed by atoms with Crippen LogP contribution in [0.1, 0.15) is 28.8 Å². The van der Waals surface area contributed by atoms with Crippen LogP contribution in [0.5, 0.6) is 0 Å². The molecule has 1 unspecified atom stereocenters. The van der Waals surface area contributed by atoms with Gasteiger partial charge in [-0.05, 0) is 49.6 Å². The minimum atomic E-state index is -0.343. The number of para-hydroxylation sites is 1. The van der Waals surface area contributed by atoms with Crippen molar-refractivity contribution in [3.63, 3.8) is 0 Å². The van der Waals surface area contributed by atoms with Crippen LogP contribution in [0.15, 0.2) is 48.5 Å². The van der Waals surface area contributed by atoms with Gasteiger partial charge in [0.1, 0.15) is 0 Å². The molecule has 1 atom stereocenters. The number of carbonyl (C=O) groups is 2. The smallest absolute Gasteiger partial charge is 0.323 e. The Morgan fingerprint density at radius 3 is 2.65 bits per heavy atom. The minimum Gasteiger partial charge on any atom is -0.334 e. The van der Waals surface area contributed by atoms with Gasteiger partial charge >= 0.3 is 6.03 Å². The Bertz CT molecular complexity index is 792. The minimum absolute atomic E-state index is 0.0375. The van der Waals surface area contributed by atoms with Crippen molar-refractivity contribution in [3.05, 3.63) is 59.7 Å². The Hall–Kier alpha value is -2.86. The summed E-state index contributed by atoms with van der Waals surface area (Å²) < 4.78 is 0. The molecule has 26 heavy (non-hydrogen) atoms. The highest BCUT2D eigenvalue weighted by molar-refractivity contribution is 6.02. The van der Waals surface area contributed by atoms with Gasteiger partial charge in [0.05, 0.1) is 0 Å². The average molecular weight is 352 g/mol. The Labute approximate surface area is 153 Å². The highest BCUT2D eigenvalue weighted by Gasteiger charge is 2.28. The van der Waals surface area contributed by atoms with Crippen molar-refractivity contribution in [2.24, 2.45) is 5.73 Å². The summed E-state index contributed by atoms with van der Waals surface area (Å²) >= 11 is 0. The molecule has 3 rings (SSSR count). The van der Waals surface area contributed by atoms with Crippen LogP contribution in [0.2, 0.25) is 0 Å². The first-order valence-corrected chi connectivity index (χ1v) is 8.83. The summed E-state index contributed by atoms with van der Waals surface area (Å²) in [5, 5.41) is 5.60. The molecule has 0 aromatic heterocycles. The lowest BCUT2D eigenvalue weighted by atomic mass is 10.1. The second-order valence-electron chi connectivity index (χ2n) is 6.51. The van der Waals surface area contributed by atoms with Gasteiger partial charge in [0.15, 0.2) is 0 Å². The SMILES string of the molecule is Cc1ccc(C(=O)N2CCCC2CN)cc1NC(=O)Nc1ccccc1. The summed E-state index contributed by atoms with van der Waals surface area (Å²) in [6.07, 6.45) is 1.92. The van der Waals surface area contributed by atoms with Crippen molar-refractivity contribution in [2.45, 2.75) is 25.8 Å². The lowest BCUT2D eigenvalue weighted by Gasteiger charge is -2.24. The number of urea groups is 1. The number of hydrogen-bond acceptors (Lipinski definition) is 3. The van der Waals surface area contributed by atoms with Crippen LogP contribution in [-0.4, -0.2) is 36.0 Å². The highest BCUT2D eigenvalue weighted by atomic mass is 16.2. The van der Waals surface area contributed by atoms with Crippen molar-refractivity contribution >= 4 is 23.3 Å². The van der Waals surface area contributed by atoms with Crippen molar-refractivity contribution in [3.8, 4) is 0 Å². The number of likely N-dealkylation sites (tertiary alicyclic amines) is 1. The van der Waals surface area contributed by atoms with Gasteiger partial charge in [0, 0.05) is 36.1 Å². The fourth-order valence-corrected chi connectivity index (χ4v) is 3.21. The third-order valence-corrected chi connectivity index (χ3v) is 4.67. The topological polar surface area (TPSA) is 87.5 Å². The Morgan fingerprint density at radius 2 is 1.92 bits per heavy atom. The zero-order valence-corrected chi connectivity index (χ0v) is 14.9. The summed E-state index contributed by atoms with van der Waals surface area (Å²) in [5.41, 5.74) is 8.55. The summed E-state index contributed by atoms with van der Waals surface area (Å²) in [5.74, 6) is -0.0375. The zero-order valence-electron chi connectivity index (χ0n) is 14.9. The van der Waals surface area contributed by atoms with E-state index in [1.165, 1.54) is 0 Å². The van der Waals surface area contributed by atoms with Crippen molar-refractivity contribution in [1.82, 2.24) is 4.90 Å². The normalized spacial score (nSPS) is 16.4. The van der Waals surface area contributed by atoms with Gasteiger partial charge in [0.2, 0.25) is 0 Å². The van der Waals surface area contributed by atoms with Crippen LogP contribution in [0.25, 0.3) is 0 Å². The first-order chi connectivity index (χ1) is 12.6. The number of aryl methyl sites for hydroxylation is 1. The third-order valence-electron chi connectivity index (χ3n) is 4.67. The number of carbonyl (C=O) groups excluding carboxylic acids is 2. The van der Waals surface area contributed by atoms with Gasteiger partial charge in [-0.2, -0.15) is 0 Å². The standard InChI is InChI=1S/C20H24N4O2/c1-14-9-10-15(19(25)24-11-5-8-17(24)13-21)12-18(14)23-20(26)22-16-6-3-2-4-7-16/h2-4,6-7,9-10,12,17H,5,8,11,13,21H2,1H3,(H2,22,23,26). The Balaban J connectivity index is 1.73. The van der Waals surface area contributed by atoms with Crippen LogP contribution in [0.4, 0.5) is 16.2 Å². The zero-order chi connectivity index (χ0) is 18.5. The van der Waals surface area contributed by atoms with Crippen LogP contribution in [0, 0.1) is 6.92 Å². The third kappa shape index (κ3) is 4.03. The van der Waals surface area contributed by atoms with Gasteiger partial charge in [-0.1, -0.05) is 24.3 Å². The fourth-order valence-electron chi connectivity index (χ4n) is 3.21. The summed E-state index contributed by atoms with van der Waals surface area (Å²) in [7, 11) is 0. The number of nitrogens with two attached hydrogens (primary N) is 1. The van der Waals surface area contributed by atoms with E-state index >= 15 is 0 Å². The molecule has 1 fully saturated rings. The lowest BCUT2D eigenvalue weighted by molar-refractivity contribution is 0.0741. The average Bonchev–Trinajstić information content (AvgIpc) is 3.12. The molecule has 0 bridgehead atoms. The molecule has 0 saturated carbocycles. The Morgan fingerprint density at radius 1 is 1.15 bits per heavy atom. The first kappa shape index (κ1) is 17.9. The predicted molar refractivity (Wildman–Crippen MR) is 103 cm³/mol. The van der Waals surface area contributed by atoms with E-state index in [0.717, 1.165) is 24.9 Å². The Kier molecular flexibility index (Phi) is 5.53. The maximum Gasteiger partial charge on any atom is 0.323 e. The van der Waals surface area contributed by atoms with Crippen LogP contribution in [0.3, 0.4) is 0 Å². The molecular formula is C20H24N4O2. The van der Waals surface area contributed by atoms with E-state index in [1.807, 2.05) is 48.2 Å². The molecule has 1 saturated heterocycles. The number of rotatable bonds is 4. The predicted octanol–water partition coefficient (Wildman–Crippen LogP) is 3.20. The van der Waals surface area contributed by atoms with Gasteiger partial charge in [0.25, 0.3) is 5.91 Å². The number of hydrogen-bond donors (Lipinski definition) is 3. The largest absolute Gasteiger partial charge is 0.334 e. The summed E-state index contributed by atoms with van der Waals surface area (Å²) in [6, 6.07) is 14.3. The molecule has 136 valence electrons. The van der Waals surface area contributed by atoms with Crippen LogP contribution < -0.4 is 16.4 Å². The number of amides is 3. The molecule has 2 aromatic rings. The molecule has 3 amide bonds. The molecule has 2 aromatic carbocycles. The molecule has 0 spiro atoms. The lowest BCUT2D eigenvalue weighted by Crippen LogP contribution is -2.39. The van der Waals surface area contributed by atoms with Crippen LogP contribution in [-0.2, 0) is 0 Å². The fraction of sp³-hybridized carbons (Fsp3) is 0.300. The quantitative estimate of drug-likeness (QED) is 0.789. The molecular weight excluding hydrogens is 328 g/mol. The van der Waals surface area contributed by atoms with E-state index in [1.54, 1.807) is 12.1 Å². The number of anilines is 2. The van der Waals surface area contributed by atoms with Crippen molar-refractivity contribution < 1.29 is 9.59 Å². The van der Waals surface area contributed by atoms with Crippen molar-refractivity contribution in [2.75, 3.05) is 23.7 Å². The molecule has 0 aliphatic carbocycles. The molecule has 1 heterocycles. The van der Waals surface area contributed by atoms with Crippen LogP contribution >= 0.6 is 0 Å².